The summed E-state index contributed by atoms with van der Waals surface area (Å²) in [6.07, 6.45) is 2.16. The molecule has 0 fully saturated rings. The summed E-state index contributed by atoms with van der Waals surface area (Å²) in [6, 6.07) is 10.2. The Hall–Kier alpha value is -1.90. The van der Waals surface area contributed by atoms with E-state index in [9.17, 15) is 4.39 Å². The predicted molar refractivity (Wildman–Crippen MR) is 57.9 cm³/mol. The Morgan fingerprint density at radius 2 is 2.07 bits per heavy atom. The molecule has 15 heavy (non-hydrogen) atoms. The molecule has 2 rings (SSSR count). The zero-order valence-corrected chi connectivity index (χ0v) is 8.15. The van der Waals surface area contributed by atoms with Gasteiger partial charge in [0.05, 0.1) is 0 Å². The lowest BCUT2D eigenvalue weighted by atomic mass is 10.1. The van der Waals surface area contributed by atoms with E-state index in [0.717, 1.165) is 5.69 Å². The van der Waals surface area contributed by atoms with E-state index in [-0.39, 0.29) is 5.82 Å². The molecule has 0 unspecified atom stereocenters. The van der Waals surface area contributed by atoms with Gasteiger partial charge < -0.3 is 5.73 Å². The molecular formula is C12H11FN2. The zero-order valence-electron chi connectivity index (χ0n) is 8.15. The van der Waals surface area contributed by atoms with Crippen molar-refractivity contribution in [1.29, 1.82) is 0 Å². The van der Waals surface area contributed by atoms with Crippen molar-refractivity contribution in [3.05, 3.63) is 59.7 Å². The molecule has 0 spiro atoms. The van der Waals surface area contributed by atoms with Crippen LogP contribution in [-0.4, -0.2) is 4.98 Å². The molecule has 0 aliphatic carbocycles. The fraction of sp³-hybridized carbons (Fsp3) is 0.0833. The van der Waals surface area contributed by atoms with Gasteiger partial charge in [-0.25, -0.2) is 4.39 Å². The summed E-state index contributed by atoms with van der Waals surface area (Å²) < 4.78 is 13.4. The van der Waals surface area contributed by atoms with Gasteiger partial charge >= 0.3 is 0 Å². The van der Waals surface area contributed by atoms with Gasteiger partial charge in [-0.1, -0.05) is 6.07 Å². The number of aromatic nitrogens is 1. The maximum atomic E-state index is 13.4. The van der Waals surface area contributed by atoms with Crippen LogP contribution >= 0.6 is 0 Å². The summed E-state index contributed by atoms with van der Waals surface area (Å²) in [7, 11) is 0. The number of benzene rings is 1. The van der Waals surface area contributed by atoms with E-state index >= 15 is 0 Å². The number of pyridine rings is 1. The first-order chi connectivity index (χ1) is 7.25. The zero-order chi connectivity index (χ0) is 10.7. The van der Waals surface area contributed by atoms with Crippen LogP contribution in [0.3, 0.4) is 0 Å². The van der Waals surface area contributed by atoms with Crippen molar-refractivity contribution in [3.8, 4) is 0 Å². The summed E-state index contributed by atoms with van der Waals surface area (Å²) in [5.41, 5.74) is 7.58. The SMILES string of the molecule is Nc1ccc(F)c(Cc2ccccn2)c1. The van der Waals surface area contributed by atoms with Gasteiger partial charge in [-0.2, -0.15) is 0 Å². The van der Waals surface area contributed by atoms with Crippen molar-refractivity contribution >= 4 is 5.69 Å². The molecule has 2 aromatic rings. The molecule has 1 aromatic carbocycles. The number of hydrogen-bond acceptors (Lipinski definition) is 2. The first-order valence-corrected chi connectivity index (χ1v) is 4.69. The van der Waals surface area contributed by atoms with Crippen LogP contribution < -0.4 is 5.73 Å². The van der Waals surface area contributed by atoms with Gasteiger partial charge in [0.1, 0.15) is 5.82 Å². The molecule has 0 aliphatic rings. The van der Waals surface area contributed by atoms with Crippen molar-refractivity contribution in [2.45, 2.75) is 6.42 Å². The van der Waals surface area contributed by atoms with Crippen LogP contribution in [0.15, 0.2) is 42.6 Å². The van der Waals surface area contributed by atoms with Crippen molar-refractivity contribution in [2.75, 3.05) is 5.73 Å². The maximum Gasteiger partial charge on any atom is 0.126 e. The van der Waals surface area contributed by atoms with E-state index in [0.29, 0.717) is 17.7 Å². The van der Waals surface area contributed by atoms with Crippen LogP contribution in [0, 0.1) is 5.82 Å². The lowest BCUT2D eigenvalue weighted by molar-refractivity contribution is 0.613. The fourth-order valence-electron chi connectivity index (χ4n) is 1.43. The first kappa shape index (κ1) is 9.65. The van der Waals surface area contributed by atoms with Crippen LogP contribution in [0.25, 0.3) is 0 Å². The van der Waals surface area contributed by atoms with E-state index in [1.807, 2.05) is 18.2 Å². The topological polar surface area (TPSA) is 38.9 Å². The summed E-state index contributed by atoms with van der Waals surface area (Å²) in [6.45, 7) is 0. The standard InChI is InChI=1S/C12H11FN2/c13-12-5-4-10(14)7-9(12)8-11-3-1-2-6-15-11/h1-7H,8,14H2. The Labute approximate surface area is 87.6 Å². The number of halogens is 1. The highest BCUT2D eigenvalue weighted by atomic mass is 19.1. The number of nitrogens with zero attached hydrogens (tertiary/aromatic N) is 1. The van der Waals surface area contributed by atoms with Crippen LogP contribution in [0.1, 0.15) is 11.3 Å². The smallest absolute Gasteiger partial charge is 0.126 e. The number of nitrogen functional groups attached to an aromatic ring is 1. The molecule has 0 aliphatic heterocycles. The van der Waals surface area contributed by atoms with Gasteiger partial charge in [0.2, 0.25) is 0 Å². The van der Waals surface area contributed by atoms with Crippen molar-refractivity contribution in [1.82, 2.24) is 4.98 Å². The molecule has 2 N–H and O–H groups in total. The number of hydrogen-bond donors (Lipinski definition) is 1. The van der Waals surface area contributed by atoms with Gasteiger partial charge in [-0.3, -0.25) is 4.98 Å². The van der Waals surface area contributed by atoms with Gasteiger partial charge in [-0.05, 0) is 35.9 Å². The minimum Gasteiger partial charge on any atom is -0.399 e. The van der Waals surface area contributed by atoms with Crippen LogP contribution in [0.4, 0.5) is 10.1 Å². The molecule has 0 amide bonds. The molecular weight excluding hydrogens is 191 g/mol. The van der Waals surface area contributed by atoms with E-state index in [1.165, 1.54) is 6.07 Å². The fourth-order valence-corrected chi connectivity index (χ4v) is 1.43. The second kappa shape index (κ2) is 4.09. The second-order valence-electron chi connectivity index (χ2n) is 3.35. The van der Waals surface area contributed by atoms with Crippen LogP contribution in [-0.2, 0) is 6.42 Å². The molecule has 1 heterocycles. The van der Waals surface area contributed by atoms with Gasteiger partial charge in [0.15, 0.2) is 0 Å². The van der Waals surface area contributed by atoms with Gasteiger partial charge in [-0.15, -0.1) is 0 Å². The highest BCUT2D eigenvalue weighted by molar-refractivity contribution is 5.42. The van der Waals surface area contributed by atoms with Crippen LogP contribution in [0.2, 0.25) is 0 Å². The monoisotopic (exact) mass is 202 g/mol. The molecule has 0 saturated carbocycles. The van der Waals surface area contributed by atoms with Gasteiger partial charge in [0, 0.05) is 24.0 Å². The summed E-state index contributed by atoms with van der Waals surface area (Å²) in [5.74, 6) is -0.241. The van der Waals surface area contributed by atoms with Crippen LogP contribution in [0.5, 0.6) is 0 Å². The summed E-state index contributed by atoms with van der Waals surface area (Å²) >= 11 is 0. The minimum absolute atomic E-state index is 0.241. The normalized spacial score (nSPS) is 10.2. The van der Waals surface area contributed by atoms with E-state index in [2.05, 4.69) is 4.98 Å². The lowest BCUT2D eigenvalue weighted by Gasteiger charge is -2.03. The molecule has 2 nitrogen and oxygen atoms in total. The minimum atomic E-state index is -0.241. The first-order valence-electron chi connectivity index (χ1n) is 4.69. The third kappa shape index (κ3) is 2.31. The lowest BCUT2D eigenvalue weighted by Crippen LogP contribution is -1.96. The molecule has 0 radical (unpaired) electrons. The highest BCUT2D eigenvalue weighted by Gasteiger charge is 2.03. The van der Waals surface area contributed by atoms with Crippen molar-refractivity contribution < 1.29 is 4.39 Å². The maximum absolute atomic E-state index is 13.4. The Balaban J connectivity index is 2.28. The molecule has 76 valence electrons. The predicted octanol–water partition coefficient (Wildman–Crippen LogP) is 2.39. The van der Waals surface area contributed by atoms with Crippen molar-refractivity contribution in [2.24, 2.45) is 0 Å². The molecule has 0 atom stereocenters. The number of anilines is 1. The number of rotatable bonds is 2. The molecule has 0 bridgehead atoms. The highest BCUT2D eigenvalue weighted by Crippen LogP contribution is 2.15. The van der Waals surface area contributed by atoms with E-state index < -0.39 is 0 Å². The van der Waals surface area contributed by atoms with Crippen molar-refractivity contribution in [3.63, 3.8) is 0 Å². The third-order valence-electron chi connectivity index (χ3n) is 2.17. The summed E-state index contributed by atoms with van der Waals surface area (Å²) in [4.78, 5) is 4.14. The Morgan fingerprint density at radius 1 is 1.20 bits per heavy atom. The quantitative estimate of drug-likeness (QED) is 0.759. The molecule has 0 saturated heterocycles. The summed E-state index contributed by atoms with van der Waals surface area (Å²) in [5, 5.41) is 0. The van der Waals surface area contributed by atoms with E-state index in [1.54, 1.807) is 18.3 Å². The number of nitrogens with two attached hydrogens (primary N) is 1. The largest absolute Gasteiger partial charge is 0.399 e. The average Bonchev–Trinajstić information content (AvgIpc) is 2.25. The Morgan fingerprint density at radius 3 is 2.80 bits per heavy atom. The third-order valence-corrected chi connectivity index (χ3v) is 2.17. The van der Waals surface area contributed by atoms with Gasteiger partial charge in [0.25, 0.3) is 0 Å². The Bertz CT molecular complexity index is 454. The molecule has 1 aromatic heterocycles. The Kier molecular flexibility index (Phi) is 2.63. The van der Waals surface area contributed by atoms with E-state index in [4.69, 9.17) is 5.73 Å². The molecule has 3 heteroatoms. The average molecular weight is 202 g/mol. The second-order valence-corrected chi connectivity index (χ2v) is 3.35.